The molecule has 0 saturated carbocycles. The molecule has 3 nitrogen and oxygen atoms in total. The smallest absolute Gasteiger partial charge is 0.319 e. The van der Waals surface area contributed by atoms with Crippen molar-refractivity contribution in [3.05, 3.63) is 29.3 Å². The number of hydrogen-bond acceptors (Lipinski definition) is 1. The molecule has 1 aliphatic rings. The van der Waals surface area contributed by atoms with Gasteiger partial charge in [0, 0.05) is 17.6 Å². The summed E-state index contributed by atoms with van der Waals surface area (Å²) in [6.07, 6.45) is 4.61. The van der Waals surface area contributed by atoms with Gasteiger partial charge in [0.15, 0.2) is 0 Å². The van der Waals surface area contributed by atoms with E-state index >= 15 is 0 Å². The molecular formula is C14H19ClN2O. The Morgan fingerprint density at radius 1 is 1.39 bits per heavy atom. The topological polar surface area (TPSA) is 41.1 Å². The fourth-order valence-electron chi connectivity index (χ4n) is 2.30. The third-order valence-corrected chi connectivity index (χ3v) is 3.34. The van der Waals surface area contributed by atoms with Gasteiger partial charge in [0.25, 0.3) is 0 Å². The van der Waals surface area contributed by atoms with Crippen molar-refractivity contribution >= 4 is 23.3 Å². The molecule has 0 radical (unpaired) electrons. The van der Waals surface area contributed by atoms with Crippen LogP contribution in [0.5, 0.6) is 0 Å². The van der Waals surface area contributed by atoms with Gasteiger partial charge in [0.2, 0.25) is 0 Å². The van der Waals surface area contributed by atoms with E-state index in [0.29, 0.717) is 6.54 Å². The number of nitrogens with one attached hydrogen (secondary N) is 2. The first kappa shape index (κ1) is 13.2. The highest BCUT2D eigenvalue weighted by Crippen LogP contribution is 2.27. The SMILES string of the molecule is CC(Cl)CNC(=O)Nc1cccc2c1CCCC2. The number of anilines is 1. The summed E-state index contributed by atoms with van der Waals surface area (Å²) in [6, 6.07) is 5.94. The van der Waals surface area contributed by atoms with Gasteiger partial charge in [-0.25, -0.2) is 4.79 Å². The molecule has 1 aromatic carbocycles. The van der Waals surface area contributed by atoms with Gasteiger partial charge in [-0.05, 0) is 49.8 Å². The molecule has 18 heavy (non-hydrogen) atoms. The molecule has 0 aromatic heterocycles. The van der Waals surface area contributed by atoms with Crippen LogP contribution in [0.4, 0.5) is 10.5 Å². The quantitative estimate of drug-likeness (QED) is 0.810. The average Bonchev–Trinajstić information content (AvgIpc) is 2.37. The van der Waals surface area contributed by atoms with Crippen molar-refractivity contribution in [3.63, 3.8) is 0 Å². The summed E-state index contributed by atoms with van der Waals surface area (Å²) in [5, 5.41) is 5.62. The van der Waals surface area contributed by atoms with E-state index in [-0.39, 0.29) is 11.4 Å². The number of hydrogen-bond donors (Lipinski definition) is 2. The van der Waals surface area contributed by atoms with Crippen molar-refractivity contribution in [2.45, 2.75) is 38.0 Å². The number of aryl methyl sites for hydroxylation is 1. The van der Waals surface area contributed by atoms with Crippen LogP contribution >= 0.6 is 11.6 Å². The van der Waals surface area contributed by atoms with Crippen LogP contribution in [0.3, 0.4) is 0 Å². The minimum absolute atomic E-state index is 0.0551. The molecule has 0 saturated heterocycles. The number of benzene rings is 1. The predicted octanol–water partition coefficient (Wildman–Crippen LogP) is 3.31. The second-order valence-corrected chi connectivity index (χ2v) is 5.51. The lowest BCUT2D eigenvalue weighted by Crippen LogP contribution is -2.33. The summed E-state index contributed by atoms with van der Waals surface area (Å²) in [5.41, 5.74) is 3.59. The molecule has 1 aliphatic carbocycles. The molecule has 1 unspecified atom stereocenters. The van der Waals surface area contributed by atoms with Crippen LogP contribution in [0, 0.1) is 0 Å². The summed E-state index contributed by atoms with van der Waals surface area (Å²) >= 11 is 5.80. The fourth-order valence-corrected chi connectivity index (χ4v) is 2.38. The number of carbonyl (C=O) groups is 1. The number of fused-ring (bicyclic) bond motifs is 1. The van der Waals surface area contributed by atoms with Gasteiger partial charge in [0.1, 0.15) is 0 Å². The van der Waals surface area contributed by atoms with Crippen molar-refractivity contribution in [2.24, 2.45) is 0 Å². The van der Waals surface area contributed by atoms with Crippen LogP contribution in [0.2, 0.25) is 0 Å². The van der Waals surface area contributed by atoms with Gasteiger partial charge in [-0.1, -0.05) is 12.1 Å². The van der Waals surface area contributed by atoms with Gasteiger partial charge < -0.3 is 10.6 Å². The summed E-state index contributed by atoms with van der Waals surface area (Å²) in [4.78, 5) is 11.7. The summed E-state index contributed by atoms with van der Waals surface area (Å²) in [6.45, 7) is 2.33. The van der Waals surface area contributed by atoms with E-state index < -0.39 is 0 Å². The molecule has 2 amide bonds. The molecule has 1 aromatic rings. The summed E-state index contributed by atoms with van der Waals surface area (Å²) < 4.78 is 0. The van der Waals surface area contributed by atoms with Crippen molar-refractivity contribution in [3.8, 4) is 0 Å². The summed E-state index contributed by atoms with van der Waals surface area (Å²) in [5.74, 6) is 0. The van der Waals surface area contributed by atoms with Gasteiger partial charge in [-0.3, -0.25) is 0 Å². The Morgan fingerprint density at radius 3 is 2.94 bits per heavy atom. The van der Waals surface area contributed by atoms with Gasteiger partial charge in [-0.15, -0.1) is 11.6 Å². The molecule has 0 spiro atoms. The number of amides is 2. The maximum absolute atomic E-state index is 11.7. The third kappa shape index (κ3) is 3.39. The van der Waals surface area contributed by atoms with E-state index in [9.17, 15) is 4.79 Å². The molecule has 0 aliphatic heterocycles. The molecule has 98 valence electrons. The number of carbonyl (C=O) groups excluding carboxylic acids is 1. The zero-order valence-electron chi connectivity index (χ0n) is 10.6. The number of halogens is 1. The lowest BCUT2D eigenvalue weighted by atomic mass is 9.90. The maximum atomic E-state index is 11.7. The highest BCUT2D eigenvalue weighted by molar-refractivity contribution is 6.20. The third-order valence-electron chi connectivity index (χ3n) is 3.19. The second kappa shape index (κ2) is 6.10. The average molecular weight is 267 g/mol. The monoisotopic (exact) mass is 266 g/mol. The highest BCUT2D eigenvalue weighted by Gasteiger charge is 2.14. The Hall–Kier alpha value is -1.22. The normalized spacial score (nSPS) is 15.7. The Kier molecular flexibility index (Phi) is 4.48. The first-order valence-electron chi connectivity index (χ1n) is 6.46. The van der Waals surface area contributed by atoms with Crippen LogP contribution in [-0.2, 0) is 12.8 Å². The number of rotatable bonds is 3. The van der Waals surface area contributed by atoms with E-state index in [2.05, 4.69) is 16.7 Å². The van der Waals surface area contributed by atoms with E-state index in [0.717, 1.165) is 18.5 Å². The Labute approximate surface area is 113 Å². The second-order valence-electron chi connectivity index (χ2n) is 4.77. The van der Waals surface area contributed by atoms with Crippen LogP contribution in [0.1, 0.15) is 30.9 Å². The molecule has 0 bridgehead atoms. The van der Waals surface area contributed by atoms with Crippen LogP contribution in [0.15, 0.2) is 18.2 Å². The van der Waals surface area contributed by atoms with Crippen molar-refractivity contribution in [1.29, 1.82) is 0 Å². The van der Waals surface area contributed by atoms with E-state index in [1.807, 2.05) is 19.1 Å². The standard InChI is InChI=1S/C14H19ClN2O/c1-10(15)9-16-14(18)17-13-8-4-6-11-5-2-3-7-12(11)13/h4,6,8,10H,2-3,5,7,9H2,1H3,(H2,16,17,18). The molecule has 4 heteroatoms. The maximum Gasteiger partial charge on any atom is 0.319 e. The summed E-state index contributed by atoms with van der Waals surface area (Å²) in [7, 11) is 0. The van der Waals surface area contributed by atoms with Crippen molar-refractivity contribution in [1.82, 2.24) is 5.32 Å². The van der Waals surface area contributed by atoms with Crippen LogP contribution in [-0.4, -0.2) is 18.0 Å². The molecule has 2 rings (SSSR count). The van der Waals surface area contributed by atoms with E-state index in [1.165, 1.54) is 24.0 Å². The number of urea groups is 1. The fraction of sp³-hybridized carbons (Fsp3) is 0.500. The van der Waals surface area contributed by atoms with Crippen LogP contribution in [0.25, 0.3) is 0 Å². The molecule has 1 atom stereocenters. The largest absolute Gasteiger partial charge is 0.336 e. The number of alkyl halides is 1. The first-order valence-corrected chi connectivity index (χ1v) is 6.90. The van der Waals surface area contributed by atoms with Crippen molar-refractivity contribution < 1.29 is 4.79 Å². The zero-order valence-corrected chi connectivity index (χ0v) is 11.4. The Morgan fingerprint density at radius 2 is 2.17 bits per heavy atom. The first-order chi connectivity index (χ1) is 8.66. The van der Waals surface area contributed by atoms with Crippen molar-refractivity contribution in [2.75, 3.05) is 11.9 Å². The molecule has 0 fully saturated rings. The minimum atomic E-state index is -0.179. The molecular weight excluding hydrogens is 248 g/mol. The molecule has 0 heterocycles. The van der Waals surface area contributed by atoms with Gasteiger partial charge >= 0.3 is 6.03 Å². The highest BCUT2D eigenvalue weighted by atomic mass is 35.5. The zero-order chi connectivity index (χ0) is 13.0. The lowest BCUT2D eigenvalue weighted by Gasteiger charge is -2.19. The van der Waals surface area contributed by atoms with E-state index in [4.69, 9.17) is 11.6 Å². The minimum Gasteiger partial charge on any atom is -0.336 e. The Bertz CT molecular complexity index is 432. The lowest BCUT2D eigenvalue weighted by molar-refractivity contribution is 0.252. The Balaban J connectivity index is 2.03. The van der Waals surface area contributed by atoms with Gasteiger partial charge in [0.05, 0.1) is 0 Å². The van der Waals surface area contributed by atoms with E-state index in [1.54, 1.807) is 0 Å². The van der Waals surface area contributed by atoms with Crippen LogP contribution < -0.4 is 10.6 Å². The van der Waals surface area contributed by atoms with Gasteiger partial charge in [-0.2, -0.15) is 0 Å². The predicted molar refractivity (Wildman–Crippen MR) is 75.4 cm³/mol. The molecule has 2 N–H and O–H groups in total.